The smallest absolute Gasteiger partial charge is 0.251 e. The molecular weight excluding hydrogens is 356 g/mol. The van der Waals surface area contributed by atoms with Gasteiger partial charge in [-0.25, -0.2) is 12.7 Å². The highest BCUT2D eigenvalue weighted by Gasteiger charge is 2.41. The number of nitrogens with one attached hydrogen (secondary N) is 1. The van der Waals surface area contributed by atoms with Gasteiger partial charge < -0.3 is 14.8 Å². The van der Waals surface area contributed by atoms with E-state index >= 15 is 0 Å². The van der Waals surface area contributed by atoms with Crippen molar-refractivity contribution in [1.82, 2.24) is 9.62 Å². The maximum absolute atomic E-state index is 12.4. The summed E-state index contributed by atoms with van der Waals surface area (Å²) in [4.78, 5) is 12.4. The van der Waals surface area contributed by atoms with Crippen molar-refractivity contribution >= 4 is 15.9 Å². The number of piperidine rings is 1. The molecule has 0 atom stereocenters. The zero-order valence-corrected chi connectivity index (χ0v) is 16.0. The van der Waals surface area contributed by atoms with Crippen molar-refractivity contribution in [2.24, 2.45) is 5.92 Å². The van der Waals surface area contributed by atoms with E-state index < -0.39 is 10.0 Å². The molecule has 144 valence electrons. The Balaban J connectivity index is 1.51. The number of nitrogens with zero attached hydrogens (tertiary/aromatic N) is 1. The molecule has 1 saturated heterocycles. The first-order valence-corrected chi connectivity index (χ1v) is 10.4. The lowest BCUT2D eigenvalue weighted by Gasteiger charge is -2.31. The normalized spacial score (nSPS) is 19.2. The van der Waals surface area contributed by atoms with Gasteiger partial charge in [0.2, 0.25) is 10.0 Å². The second-order valence-corrected chi connectivity index (χ2v) is 9.11. The molecule has 1 heterocycles. The monoisotopic (exact) mass is 382 g/mol. The molecule has 1 saturated carbocycles. The summed E-state index contributed by atoms with van der Waals surface area (Å²) in [5, 5.41) is 2.79. The first-order chi connectivity index (χ1) is 12.4. The predicted octanol–water partition coefficient (Wildman–Crippen LogP) is 1.64. The molecule has 0 radical (unpaired) electrons. The van der Waals surface area contributed by atoms with Gasteiger partial charge in [0.1, 0.15) is 11.5 Å². The number of ether oxygens (including phenoxy) is 2. The Morgan fingerprint density at radius 1 is 1.08 bits per heavy atom. The van der Waals surface area contributed by atoms with Gasteiger partial charge in [0.25, 0.3) is 5.91 Å². The highest BCUT2D eigenvalue weighted by Crippen LogP contribution is 2.33. The molecule has 1 aromatic carbocycles. The minimum absolute atomic E-state index is 0.151. The maximum Gasteiger partial charge on any atom is 0.251 e. The maximum atomic E-state index is 12.4. The van der Waals surface area contributed by atoms with E-state index in [4.69, 9.17) is 9.47 Å². The summed E-state index contributed by atoms with van der Waals surface area (Å²) in [7, 11) is -0.000538. The fraction of sp³-hybridized carbons (Fsp3) is 0.611. The SMILES string of the molecule is COc1cc(OC)cc(C(=O)NCC2CCN(S(=O)(=O)C3CC3)CC2)c1. The number of hydrogen-bond donors (Lipinski definition) is 1. The van der Waals surface area contributed by atoms with Crippen LogP contribution in [0.5, 0.6) is 11.5 Å². The molecule has 7 nitrogen and oxygen atoms in total. The summed E-state index contributed by atoms with van der Waals surface area (Å²) in [6.07, 6.45) is 3.13. The summed E-state index contributed by atoms with van der Waals surface area (Å²) in [5.41, 5.74) is 0.481. The van der Waals surface area contributed by atoms with Crippen LogP contribution < -0.4 is 14.8 Å². The molecule has 26 heavy (non-hydrogen) atoms. The lowest BCUT2D eigenvalue weighted by atomic mass is 9.98. The van der Waals surface area contributed by atoms with E-state index in [1.165, 1.54) is 0 Å². The molecule has 0 unspecified atom stereocenters. The van der Waals surface area contributed by atoms with Gasteiger partial charge in [-0.3, -0.25) is 4.79 Å². The quantitative estimate of drug-likeness (QED) is 0.775. The fourth-order valence-electron chi connectivity index (χ4n) is 3.22. The molecular formula is C18H26N2O5S. The summed E-state index contributed by atoms with van der Waals surface area (Å²) in [6, 6.07) is 5.05. The minimum Gasteiger partial charge on any atom is -0.497 e. The molecule has 1 amide bonds. The molecule has 0 aromatic heterocycles. The summed E-state index contributed by atoms with van der Waals surface area (Å²) in [5.74, 6) is 1.23. The second kappa shape index (κ2) is 7.84. The van der Waals surface area contributed by atoms with Crippen molar-refractivity contribution in [1.29, 1.82) is 0 Å². The standard InChI is InChI=1S/C18H26N2O5S/c1-24-15-9-14(10-16(11-15)25-2)18(21)19-12-13-5-7-20(8-6-13)26(22,23)17-3-4-17/h9-11,13,17H,3-8,12H2,1-2H3,(H,19,21). The van der Waals surface area contributed by atoms with Gasteiger partial charge in [-0.15, -0.1) is 0 Å². The van der Waals surface area contributed by atoms with Gasteiger partial charge in [-0.2, -0.15) is 0 Å². The lowest BCUT2D eigenvalue weighted by Crippen LogP contribution is -2.42. The number of carbonyl (C=O) groups excluding carboxylic acids is 1. The Morgan fingerprint density at radius 2 is 1.65 bits per heavy atom. The van der Waals surface area contributed by atoms with Gasteiger partial charge in [-0.1, -0.05) is 0 Å². The van der Waals surface area contributed by atoms with Gasteiger partial charge in [-0.05, 0) is 43.7 Å². The van der Waals surface area contributed by atoms with Crippen LogP contribution in [0.3, 0.4) is 0 Å². The molecule has 2 fully saturated rings. The van der Waals surface area contributed by atoms with Crippen molar-refractivity contribution < 1.29 is 22.7 Å². The van der Waals surface area contributed by atoms with Crippen molar-refractivity contribution in [3.63, 3.8) is 0 Å². The van der Waals surface area contributed by atoms with Crippen LogP contribution in [0.15, 0.2) is 18.2 Å². The zero-order valence-electron chi connectivity index (χ0n) is 15.2. The first kappa shape index (κ1) is 19.0. The van der Waals surface area contributed by atoms with Gasteiger partial charge in [0.05, 0.1) is 19.5 Å². The van der Waals surface area contributed by atoms with Crippen LogP contribution >= 0.6 is 0 Å². The Hall–Kier alpha value is -1.80. The Kier molecular flexibility index (Phi) is 5.72. The Labute approximate surface area is 154 Å². The van der Waals surface area contributed by atoms with E-state index in [0.29, 0.717) is 36.7 Å². The summed E-state index contributed by atoms with van der Waals surface area (Å²) >= 11 is 0. The van der Waals surface area contributed by atoms with Crippen LogP contribution in [0, 0.1) is 5.92 Å². The molecule has 8 heteroatoms. The van der Waals surface area contributed by atoms with Crippen molar-refractivity contribution in [2.75, 3.05) is 33.9 Å². The van der Waals surface area contributed by atoms with Crippen LogP contribution in [-0.4, -0.2) is 57.7 Å². The third-order valence-electron chi connectivity index (χ3n) is 5.04. The van der Waals surface area contributed by atoms with Crippen LogP contribution in [0.25, 0.3) is 0 Å². The third kappa shape index (κ3) is 4.29. The van der Waals surface area contributed by atoms with Crippen LogP contribution in [0.4, 0.5) is 0 Å². The largest absolute Gasteiger partial charge is 0.497 e. The molecule has 0 spiro atoms. The first-order valence-electron chi connectivity index (χ1n) is 8.94. The summed E-state index contributed by atoms with van der Waals surface area (Å²) < 4.78 is 36.5. The fourth-order valence-corrected chi connectivity index (χ4v) is 5.10. The molecule has 3 rings (SSSR count). The minimum atomic E-state index is -3.08. The number of carbonyl (C=O) groups is 1. The van der Waals surface area contributed by atoms with E-state index in [-0.39, 0.29) is 17.1 Å². The zero-order chi connectivity index (χ0) is 18.7. The lowest BCUT2D eigenvalue weighted by molar-refractivity contribution is 0.0940. The van der Waals surface area contributed by atoms with Crippen LogP contribution in [0.2, 0.25) is 0 Å². The average molecular weight is 382 g/mol. The van der Waals surface area contributed by atoms with Crippen LogP contribution in [0.1, 0.15) is 36.0 Å². The van der Waals surface area contributed by atoms with Gasteiger partial charge in [0, 0.05) is 31.3 Å². The molecule has 1 N–H and O–H groups in total. The Morgan fingerprint density at radius 3 is 2.15 bits per heavy atom. The predicted molar refractivity (Wildman–Crippen MR) is 98.1 cm³/mol. The number of sulfonamides is 1. The van der Waals surface area contributed by atoms with E-state index in [1.54, 1.807) is 36.7 Å². The molecule has 1 aromatic rings. The number of amides is 1. The van der Waals surface area contributed by atoms with Crippen molar-refractivity contribution in [2.45, 2.75) is 30.9 Å². The number of hydrogen-bond acceptors (Lipinski definition) is 5. The molecule has 1 aliphatic carbocycles. The third-order valence-corrected chi connectivity index (χ3v) is 7.44. The molecule has 0 bridgehead atoms. The summed E-state index contributed by atoms with van der Waals surface area (Å²) in [6.45, 7) is 1.63. The Bertz CT molecular complexity index is 731. The van der Waals surface area contributed by atoms with E-state index in [9.17, 15) is 13.2 Å². The molecule has 2 aliphatic rings. The number of benzene rings is 1. The highest BCUT2D eigenvalue weighted by atomic mass is 32.2. The number of rotatable bonds is 7. The van der Waals surface area contributed by atoms with Crippen LogP contribution in [-0.2, 0) is 10.0 Å². The van der Waals surface area contributed by atoms with Crippen molar-refractivity contribution in [3.05, 3.63) is 23.8 Å². The average Bonchev–Trinajstić information content (AvgIpc) is 3.51. The number of methoxy groups -OCH3 is 2. The van der Waals surface area contributed by atoms with Crippen molar-refractivity contribution in [3.8, 4) is 11.5 Å². The highest BCUT2D eigenvalue weighted by molar-refractivity contribution is 7.90. The second-order valence-electron chi connectivity index (χ2n) is 6.90. The topological polar surface area (TPSA) is 84.9 Å². The van der Waals surface area contributed by atoms with E-state index in [2.05, 4.69) is 5.32 Å². The van der Waals surface area contributed by atoms with E-state index in [1.807, 2.05) is 0 Å². The van der Waals surface area contributed by atoms with Gasteiger partial charge in [0.15, 0.2) is 0 Å². The van der Waals surface area contributed by atoms with E-state index in [0.717, 1.165) is 25.7 Å². The van der Waals surface area contributed by atoms with Gasteiger partial charge >= 0.3 is 0 Å². The molecule has 1 aliphatic heterocycles.